The highest BCUT2D eigenvalue weighted by Gasteiger charge is 2.24. The van der Waals surface area contributed by atoms with Gasteiger partial charge in [0.1, 0.15) is 5.78 Å². The van der Waals surface area contributed by atoms with E-state index in [2.05, 4.69) is 0 Å². The van der Waals surface area contributed by atoms with E-state index in [1.54, 1.807) is 6.92 Å². The summed E-state index contributed by atoms with van der Waals surface area (Å²) in [5.41, 5.74) is 0. The molecule has 1 N–H and O–H groups in total. The molecule has 12 heavy (non-hydrogen) atoms. The van der Waals surface area contributed by atoms with Crippen LogP contribution in [0.25, 0.3) is 0 Å². The van der Waals surface area contributed by atoms with Crippen LogP contribution < -0.4 is 0 Å². The fourth-order valence-electron chi connectivity index (χ4n) is 1.49. The summed E-state index contributed by atoms with van der Waals surface area (Å²) in [7, 11) is 0. The van der Waals surface area contributed by atoms with E-state index >= 15 is 0 Å². The van der Waals surface area contributed by atoms with Crippen LogP contribution in [0.1, 0.15) is 32.6 Å². The predicted molar refractivity (Wildman–Crippen MR) is 44.9 cm³/mol. The Hall–Kier alpha value is -0.410. The van der Waals surface area contributed by atoms with Crippen molar-refractivity contribution in [1.82, 2.24) is 0 Å². The second kappa shape index (κ2) is 4.58. The highest BCUT2D eigenvalue weighted by molar-refractivity contribution is 5.75. The summed E-state index contributed by atoms with van der Waals surface area (Å²) in [6.45, 7) is 1.70. The Labute approximate surface area is 72.7 Å². The van der Waals surface area contributed by atoms with Crippen LogP contribution in [-0.4, -0.2) is 29.7 Å². The van der Waals surface area contributed by atoms with Gasteiger partial charge in [-0.05, 0) is 26.2 Å². The smallest absolute Gasteiger partial charge is 0.129 e. The number of aliphatic hydroxyl groups is 1. The molecule has 1 rings (SSSR count). The largest absolute Gasteiger partial charge is 0.394 e. The molecule has 0 aromatic carbocycles. The van der Waals surface area contributed by atoms with E-state index in [0.717, 1.165) is 19.3 Å². The predicted octanol–water partition coefficient (Wildman–Crippen LogP) is 0.895. The summed E-state index contributed by atoms with van der Waals surface area (Å²) in [5.74, 6) is 0.214. The molecule has 0 saturated carbocycles. The molecule has 0 aromatic rings. The minimum Gasteiger partial charge on any atom is -0.394 e. The Bertz CT molecular complexity index is 156. The van der Waals surface area contributed by atoms with Crippen LogP contribution in [0.2, 0.25) is 0 Å². The first kappa shape index (κ1) is 9.68. The normalized spacial score (nSPS) is 29.2. The van der Waals surface area contributed by atoms with Crippen molar-refractivity contribution in [2.45, 2.75) is 44.8 Å². The molecule has 1 aliphatic heterocycles. The minimum absolute atomic E-state index is 0.0157. The molecule has 0 bridgehead atoms. The summed E-state index contributed by atoms with van der Waals surface area (Å²) in [6.07, 6.45) is 3.54. The third-order valence-corrected chi connectivity index (χ3v) is 2.22. The first-order chi connectivity index (χ1) is 5.72. The number of rotatable bonds is 4. The number of hydrogen-bond donors (Lipinski definition) is 1. The lowest BCUT2D eigenvalue weighted by Gasteiger charge is -2.10. The Balaban J connectivity index is 2.15. The zero-order chi connectivity index (χ0) is 8.97. The fourth-order valence-corrected chi connectivity index (χ4v) is 1.49. The number of aliphatic hydroxyl groups excluding tert-OH is 1. The maximum atomic E-state index is 10.6. The molecule has 2 unspecified atom stereocenters. The first-order valence-electron chi connectivity index (χ1n) is 4.48. The van der Waals surface area contributed by atoms with Crippen LogP contribution in [0.3, 0.4) is 0 Å². The van der Waals surface area contributed by atoms with Crippen molar-refractivity contribution >= 4 is 5.78 Å². The second-order valence-electron chi connectivity index (χ2n) is 3.38. The average molecular weight is 172 g/mol. The molecule has 1 aliphatic rings. The fraction of sp³-hybridized carbons (Fsp3) is 0.889. The first-order valence-corrected chi connectivity index (χ1v) is 4.48. The molecule has 0 radical (unpaired) electrons. The number of ketones is 1. The van der Waals surface area contributed by atoms with Crippen LogP contribution in [0, 0.1) is 0 Å². The Morgan fingerprint density at radius 1 is 1.50 bits per heavy atom. The van der Waals surface area contributed by atoms with Gasteiger partial charge in [-0.2, -0.15) is 0 Å². The van der Waals surface area contributed by atoms with Gasteiger partial charge in [0.2, 0.25) is 0 Å². The van der Waals surface area contributed by atoms with Crippen LogP contribution in [0.5, 0.6) is 0 Å². The molecule has 1 heterocycles. The summed E-state index contributed by atoms with van der Waals surface area (Å²) < 4.78 is 5.46. The third-order valence-electron chi connectivity index (χ3n) is 2.22. The van der Waals surface area contributed by atoms with Gasteiger partial charge in [0.25, 0.3) is 0 Å². The van der Waals surface area contributed by atoms with Crippen LogP contribution in [-0.2, 0) is 9.53 Å². The molecule has 1 saturated heterocycles. The van der Waals surface area contributed by atoms with Crippen molar-refractivity contribution in [3.63, 3.8) is 0 Å². The molecule has 3 nitrogen and oxygen atoms in total. The van der Waals surface area contributed by atoms with Crippen LogP contribution in [0.4, 0.5) is 0 Å². The van der Waals surface area contributed by atoms with E-state index in [1.165, 1.54) is 0 Å². The molecule has 0 spiro atoms. The van der Waals surface area contributed by atoms with Crippen molar-refractivity contribution in [1.29, 1.82) is 0 Å². The van der Waals surface area contributed by atoms with Crippen molar-refractivity contribution < 1.29 is 14.6 Å². The highest BCUT2D eigenvalue weighted by atomic mass is 16.5. The topological polar surface area (TPSA) is 46.5 Å². The molecular weight excluding hydrogens is 156 g/mol. The van der Waals surface area contributed by atoms with E-state index in [0.29, 0.717) is 6.42 Å². The minimum atomic E-state index is 0.0157. The molecule has 70 valence electrons. The summed E-state index contributed by atoms with van der Waals surface area (Å²) in [6, 6.07) is 0. The van der Waals surface area contributed by atoms with E-state index in [4.69, 9.17) is 9.84 Å². The van der Waals surface area contributed by atoms with E-state index in [1.807, 2.05) is 0 Å². The van der Waals surface area contributed by atoms with Gasteiger partial charge in [-0.1, -0.05) is 0 Å². The summed E-state index contributed by atoms with van der Waals surface area (Å²) >= 11 is 0. The van der Waals surface area contributed by atoms with Crippen molar-refractivity contribution in [2.24, 2.45) is 0 Å². The van der Waals surface area contributed by atoms with Gasteiger partial charge >= 0.3 is 0 Å². The van der Waals surface area contributed by atoms with Crippen molar-refractivity contribution in [3.8, 4) is 0 Å². The van der Waals surface area contributed by atoms with E-state index in [9.17, 15) is 4.79 Å². The summed E-state index contributed by atoms with van der Waals surface area (Å²) in [5, 5.41) is 8.77. The van der Waals surface area contributed by atoms with Gasteiger partial charge in [-0.15, -0.1) is 0 Å². The van der Waals surface area contributed by atoms with Gasteiger partial charge in [-0.3, -0.25) is 0 Å². The molecule has 0 amide bonds. The number of carbonyl (C=O) groups excluding carboxylic acids is 1. The summed E-state index contributed by atoms with van der Waals surface area (Å²) in [4.78, 5) is 10.6. The zero-order valence-corrected chi connectivity index (χ0v) is 7.45. The lowest BCUT2D eigenvalue weighted by Crippen LogP contribution is -2.14. The van der Waals surface area contributed by atoms with Gasteiger partial charge in [0.05, 0.1) is 18.8 Å². The Kier molecular flexibility index (Phi) is 3.69. The monoisotopic (exact) mass is 172 g/mol. The van der Waals surface area contributed by atoms with E-state index < -0.39 is 0 Å². The Morgan fingerprint density at radius 2 is 2.17 bits per heavy atom. The highest BCUT2D eigenvalue weighted by Crippen LogP contribution is 2.22. The number of hydrogen-bond acceptors (Lipinski definition) is 3. The van der Waals surface area contributed by atoms with Crippen molar-refractivity contribution in [2.75, 3.05) is 6.61 Å². The molecule has 0 aliphatic carbocycles. The van der Waals surface area contributed by atoms with Gasteiger partial charge < -0.3 is 14.6 Å². The Morgan fingerprint density at radius 3 is 2.67 bits per heavy atom. The lowest BCUT2D eigenvalue weighted by atomic mass is 10.1. The van der Waals surface area contributed by atoms with Gasteiger partial charge in [-0.25, -0.2) is 0 Å². The van der Waals surface area contributed by atoms with Gasteiger partial charge in [0, 0.05) is 6.42 Å². The van der Waals surface area contributed by atoms with Gasteiger partial charge in [0.15, 0.2) is 0 Å². The van der Waals surface area contributed by atoms with Crippen LogP contribution >= 0.6 is 0 Å². The standard InChI is InChI=1S/C9H16O3/c1-7(11)2-3-8-4-5-9(6-10)12-8/h8-10H,2-6H2,1H3. The maximum Gasteiger partial charge on any atom is 0.129 e. The molecule has 2 atom stereocenters. The number of carbonyl (C=O) groups is 1. The lowest BCUT2D eigenvalue weighted by molar-refractivity contribution is -0.117. The average Bonchev–Trinajstić information content (AvgIpc) is 2.48. The number of ether oxygens (including phenoxy) is 1. The molecule has 3 heteroatoms. The molecular formula is C9H16O3. The van der Waals surface area contributed by atoms with Crippen molar-refractivity contribution in [3.05, 3.63) is 0 Å². The maximum absolute atomic E-state index is 10.6. The molecule has 1 fully saturated rings. The second-order valence-corrected chi connectivity index (χ2v) is 3.38. The molecule has 0 aromatic heterocycles. The number of Topliss-reactive ketones (excluding diaryl/α,β-unsaturated/α-hetero) is 1. The quantitative estimate of drug-likeness (QED) is 0.685. The van der Waals surface area contributed by atoms with Crippen LogP contribution in [0.15, 0.2) is 0 Å². The van der Waals surface area contributed by atoms with E-state index in [-0.39, 0.29) is 24.6 Å². The third kappa shape index (κ3) is 2.91. The SMILES string of the molecule is CC(=O)CCC1CCC(CO)O1. The zero-order valence-electron chi connectivity index (χ0n) is 7.45.